The minimum atomic E-state index is -0.838. The molecule has 1 heterocycles. The number of halogens is 1. The number of ketones is 1. The summed E-state index contributed by atoms with van der Waals surface area (Å²) < 4.78 is 5.17. The van der Waals surface area contributed by atoms with Gasteiger partial charge < -0.3 is 19.6 Å². The van der Waals surface area contributed by atoms with Crippen LogP contribution in [0, 0.1) is 0 Å². The number of esters is 1. The zero-order valence-corrected chi connectivity index (χ0v) is 18.2. The van der Waals surface area contributed by atoms with E-state index in [9.17, 15) is 19.5 Å². The highest BCUT2D eigenvalue weighted by Gasteiger charge is 2.46. The van der Waals surface area contributed by atoms with E-state index in [2.05, 4.69) is 0 Å². The highest BCUT2D eigenvalue weighted by molar-refractivity contribution is 6.46. The molecule has 162 valence electrons. The molecule has 0 bridgehead atoms. The summed E-state index contributed by atoms with van der Waals surface area (Å²) in [5, 5.41) is 11.4. The second-order valence-corrected chi connectivity index (χ2v) is 7.91. The standard InChI is InChI=1S/C23H23ClN2O5/c1-14(27)31-18-9-5-6-15(13-18)20-19(21(28)16-7-4-8-17(24)12-16)22(29)23(30)26(20)11-10-25(2)3/h4-9,12-13,20,28H,10-11H2,1-3H3/b21-19-. The molecule has 31 heavy (non-hydrogen) atoms. The van der Waals surface area contributed by atoms with Crippen molar-refractivity contribution in [1.82, 2.24) is 9.80 Å². The molecule has 2 aromatic rings. The van der Waals surface area contributed by atoms with Crippen LogP contribution in [0.1, 0.15) is 24.1 Å². The van der Waals surface area contributed by atoms with Crippen molar-refractivity contribution in [1.29, 1.82) is 0 Å². The molecule has 1 amide bonds. The third kappa shape index (κ3) is 4.95. The Morgan fingerprint density at radius 3 is 2.52 bits per heavy atom. The van der Waals surface area contributed by atoms with Gasteiger partial charge in [0.15, 0.2) is 0 Å². The first-order valence-electron chi connectivity index (χ1n) is 9.66. The first-order chi connectivity index (χ1) is 14.7. The monoisotopic (exact) mass is 442 g/mol. The number of hydrogen-bond acceptors (Lipinski definition) is 6. The smallest absolute Gasteiger partial charge is 0.308 e. The molecule has 2 aromatic carbocycles. The molecule has 1 N–H and O–H groups in total. The average Bonchev–Trinajstić information content (AvgIpc) is 2.96. The van der Waals surface area contributed by atoms with Crippen molar-refractivity contribution in [2.24, 2.45) is 0 Å². The molecule has 7 nitrogen and oxygen atoms in total. The van der Waals surface area contributed by atoms with E-state index in [-0.39, 0.29) is 23.6 Å². The van der Waals surface area contributed by atoms with Gasteiger partial charge in [-0.3, -0.25) is 14.4 Å². The predicted octanol–water partition coefficient (Wildman–Crippen LogP) is 3.25. The highest BCUT2D eigenvalue weighted by atomic mass is 35.5. The number of rotatable bonds is 6. The van der Waals surface area contributed by atoms with Crippen LogP contribution in [0.4, 0.5) is 0 Å². The summed E-state index contributed by atoms with van der Waals surface area (Å²) >= 11 is 6.05. The fourth-order valence-electron chi connectivity index (χ4n) is 3.47. The fourth-order valence-corrected chi connectivity index (χ4v) is 3.66. The van der Waals surface area contributed by atoms with Gasteiger partial charge in [0, 0.05) is 30.6 Å². The second kappa shape index (κ2) is 9.32. The van der Waals surface area contributed by atoms with Crippen molar-refractivity contribution < 1.29 is 24.2 Å². The van der Waals surface area contributed by atoms with Crippen LogP contribution in [0.3, 0.4) is 0 Å². The Labute approximate surface area is 185 Å². The lowest BCUT2D eigenvalue weighted by molar-refractivity contribution is -0.140. The van der Waals surface area contributed by atoms with Crippen LogP contribution in [-0.2, 0) is 14.4 Å². The van der Waals surface area contributed by atoms with Gasteiger partial charge in [0.1, 0.15) is 11.5 Å². The molecule has 0 radical (unpaired) electrons. The van der Waals surface area contributed by atoms with Crippen molar-refractivity contribution in [2.75, 3.05) is 27.2 Å². The molecule has 0 aromatic heterocycles. The minimum Gasteiger partial charge on any atom is -0.507 e. The molecule has 1 aliphatic rings. The van der Waals surface area contributed by atoms with Crippen molar-refractivity contribution in [3.05, 3.63) is 70.3 Å². The summed E-state index contributed by atoms with van der Waals surface area (Å²) in [6.07, 6.45) is 0. The van der Waals surface area contributed by atoms with Crippen LogP contribution in [0.5, 0.6) is 5.75 Å². The van der Waals surface area contributed by atoms with E-state index in [1.807, 2.05) is 19.0 Å². The minimum absolute atomic E-state index is 0.0361. The first kappa shape index (κ1) is 22.5. The number of likely N-dealkylation sites (N-methyl/N-ethyl adjacent to an activating group) is 1. The van der Waals surface area contributed by atoms with Crippen LogP contribution in [0.15, 0.2) is 54.1 Å². The van der Waals surface area contributed by atoms with Crippen molar-refractivity contribution >= 4 is 35.0 Å². The number of likely N-dealkylation sites (tertiary alicyclic amines) is 1. The Morgan fingerprint density at radius 1 is 1.16 bits per heavy atom. The Morgan fingerprint density at radius 2 is 1.87 bits per heavy atom. The fraction of sp³-hybridized carbons (Fsp3) is 0.261. The Bertz CT molecular complexity index is 1060. The van der Waals surface area contributed by atoms with Gasteiger partial charge in [-0.05, 0) is 43.9 Å². The van der Waals surface area contributed by atoms with Gasteiger partial charge in [-0.1, -0.05) is 35.9 Å². The number of amides is 1. The molecule has 8 heteroatoms. The topological polar surface area (TPSA) is 87.1 Å². The van der Waals surface area contributed by atoms with Gasteiger partial charge in [-0.25, -0.2) is 0 Å². The van der Waals surface area contributed by atoms with Gasteiger partial charge in [0.2, 0.25) is 0 Å². The van der Waals surface area contributed by atoms with Crippen LogP contribution in [0.25, 0.3) is 5.76 Å². The van der Waals surface area contributed by atoms with E-state index in [4.69, 9.17) is 16.3 Å². The molecular weight excluding hydrogens is 420 g/mol. The summed E-state index contributed by atoms with van der Waals surface area (Å²) in [5.74, 6) is -1.99. The second-order valence-electron chi connectivity index (χ2n) is 7.47. The number of carbonyl (C=O) groups is 3. The maximum atomic E-state index is 13.0. The number of carbonyl (C=O) groups excluding carboxylic acids is 3. The summed E-state index contributed by atoms with van der Waals surface area (Å²) in [5.41, 5.74) is 0.838. The van der Waals surface area contributed by atoms with E-state index in [1.165, 1.54) is 17.9 Å². The first-order valence-corrected chi connectivity index (χ1v) is 10.0. The molecule has 1 unspecified atom stereocenters. The third-order valence-electron chi connectivity index (χ3n) is 4.86. The number of ether oxygens (including phenoxy) is 1. The zero-order valence-electron chi connectivity index (χ0n) is 17.5. The van der Waals surface area contributed by atoms with E-state index < -0.39 is 23.7 Å². The molecule has 1 saturated heterocycles. The predicted molar refractivity (Wildman–Crippen MR) is 117 cm³/mol. The third-order valence-corrected chi connectivity index (χ3v) is 5.10. The number of Topliss-reactive ketones (excluding diaryl/α,β-unsaturated/α-hetero) is 1. The molecule has 1 fully saturated rings. The Hall–Kier alpha value is -3.16. The molecule has 1 atom stereocenters. The van der Waals surface area contributed by atoms with E-state index >= 15 is 0 Å². The summed E-state index contributed by atoms with van der Waals surface area (Å²) in [6.45, 7) is 2.08. The normalized spacial score (nSPS) is 18.0. The Balaban J connectivity index is 2.16. The summed E-state index contributed by atoms with van der Waals surface area (Å²) in [6, 6.07) is 12.2. The molecule has 1 aliphatic heterocycles. The Kier molecular flexibility index (Phi) is 6.77. The largest absolute Gasteiger partial charge is 0.507 e. The maximum Gasteiger partial charge on any atom is 0.308 e. The molecular formula is C23H23ClN2O5. The van der Waals surface area contributed by atoms with Gasteiger partial charge in [0.05, 0.1) is 11.6 Å². The van der Waals surface area contributed by atoms with Crippen molar-refractivity contribution in [3.63, 3.8) is 0 Å². The highest BCUT2D eigenvalue weighted by Crippen LogP contribution is 2.40. The maximum absolute atomic E-state index is 13.0. The van der Waals surface area contributed by atoms with E-state index in [1.54, 1.807) is 42.5 Å². The van der Waals surface area contributed by atoms with Crippen molar-refractivity contribution in [3.8, 4) is 5.75 Å². The van der Waals surface area contributed by atoms with Gasteiger partial charge in [-0.15, -0.1) is 0 Å². The lowest BCUT2D eigenvalue weighted by Gasteiger charge is -2.26. The average molecular weight is 443 g/mol. The SMILES string of the molecule is CC(=O)Oc1cccc(C2/C(=C(/O)c3cccc(Cl)c3)C(=O)C(=O)N2CCN(C)C)c1. The molecule has 0 saturated carbocycles. The quantitative estimate of drug-likeness (QED) is 0.243. The van der Waals surface area contributed by atoms with Gasteiger partial charge >= 0.3 is 5.97 Å². The number of hydrogen-bond donors (Lipinski definition) is 1. The lowest BCUT2D eigenvalue weighted by Crippen LogP contribution is -2.35. The van der Waals surface area contributed by atoms with Crippen molar-refractivity contribution in [2.45, 2.75) is 13.0 Å². The summed E-state index contributed by atoms with van der Waals surface area (Å²) in [4.78, 5) is 40.5. The van der Waals surface area contributed by atoms with Gasteiger partial charge in [-0.2, -0.15) is 0 Å². The van der Waals surface area contributed by atoms with Crippen LogP contribution < -0.4 is 4.74 Å². The van der Waals surface area contributed by atoms with Crippen LogP contribution in [-0.4, -0.2) is 59.8 Å². The molecule has 3 rings (SSSR count). The van der Waals surface area contributed by atoms with Crippen LogP contribution in [0.2, 0.25) is 5.02 Å². The van der Waals surface area contributed by atoms with E-state index in [0.717, 1.165) is 0 Å². The van der Waals surface area contributed by atoms with Gasteiger partial charge in [0.25, 0.3) is 11.7 Å². The number of aliphatic hydroxyl groups is 1. The number of nitrogens with zero attached hydrogens (tertiary/aromatic N) is 2. The molecule has 0 spiro atoms. The lowest BCUT2D eigenvalue weighted by atomic mass is 9.95. The summed E-state index contributed by atoms with van der Waals surface area (Å²) in [7, 11) is 3.72. The number of benzene rings is 2. The molecule has 0 aliphatic carbocycles. The van der Waals surface area contributed by atoms with Crippen LogP contribution >= 0.6 is 11.6 Å². The van der Waals surface area contributed by atoms with E-state index in [0.29, 0.717) is 22.7 Å². The number of aliphatic hydroxyl groups excluding tert-OH is 1. The zero-order chi connectivity index (χ0) is 22.7.